The van der Waals surface area contributed by atoms with Crippen molar-refractivity contribution in [1.82, 2.24) is 14.4 Å². The minimum atomic E-state index is -0.282. The van der Waals surface area contributed by atoms with E-state index in [2.05, 4.69) is 9.47 Å². The molecule has 0 saturated carbocycles. The van der Waals surface area contributed by atoms with Gasteiger partial charge in [0.2, 0.25) is 0 Å². The second-order valence-corrected chi connectivity index (χ2v) is 9.00. The smallest absolute Gasteiger partial charge is 0.262 e. The van der Waals surface area contributed by atoms with Crippen LogP contribution in [0.2, 0.25) is 0 Å². The third-order valence-corrected chi connectivity index (χ3v) is 6.37. The lowest BCUT2D eigenvalue weighted by Crippen LogP contribution is -2.28. The van der Waals surface area contributed by atoms with Crippen molar-refractivity contribution in [3.63, 3.8) is 0 Å². The van der Waals surface area contributed by atoms with E-state index in [-0.39, 0.29) is 17.9 Å². The highest BCUT2D eigenvalue weighted by Gasteiger charge is 2.39. The lowest BCUT2D eigenvalue weighted by atomic mass is 9.92. The number of nitrogens with zero attached hydrogens (tertiary/aromatic N) is 3. The Morgan fingerprint density at radius 3 is 2.30 bits per heavy atom. The minimum Gasteiger partial charge on any atom is -0.489 e. The van der Waals surface area contributed by atoms with Crippen molar-refractivity contribution < 1.29 is 14.3 Å². The topological polar surface area (TPSA) is 54.8 Å². The summed E-state index contributed by atoms with van der Waals surface area (Å²) in [5.41, 5.74) is 4.38. The van der Waals surface area contributed by atoms with E-state index < -0.39 is 0 Å². The molecule has 0 radical (unpaired) electrons. The molecule has 1 aliphatic heterocycles. The molecule has 0 spiro atoms. The molecule has 6 nitrogen and oxygen atoms in total. The van der Waals surface area contributed by atoms with Gasteiger partial charge in [-0.1, -0.05) is 36.4 Å². The summed E-state index contributed by atoms with van der Waals surface area (Å²) in [6.45, 7) is 2.78. The average molecular weight is 442 g/mol. The van der Waals surface area contributed by atoms with Gasteiger partial charge in [0, 0.05) is 48.1 Å². The van der Waals surface area contributed by atoms with Crippen LogP contribution in [0.3, 0.4) is 0 Å². The van der Waals surface area contributed by atoms with Crippen LogP contribution in [0.4, 0.5) is 0 Å². The van der Waals surface area contributed by atoms with Crippen LogP contribution in [0, 0.1) is 0 Å². The summed E-state index contributed by atoms with van der Waals surface area (Å²) >= 11 is 0. The molecule has 33 heavy (non-hydrogen) atoms. The largest absolute Gasteiger partial charge is 0.489 e. The molecule has 0 aliphatic carbocycles. The number of hydrogen-bond donors (Lipinski definition) is 0. The van der Waals surface area contributed by atoms with Crippen LogP contribution < -0.4 is 4.74 Å². The number of fused-ring (bicyclic) bond motifs is 5. The van der Waals surface area contributed by atoms with Crippen LogP contribution in [-0.2, 0) is 7.05 Å². The second-order valence-electron chi connectivity index (χ2n) is 9.00. The van der Waals surface area contributed by atoms with Crippen molar-refractivity contribution in [2.75, 3.05) is 27.7 Å². The molecular formula is C27H27N3O3. The van der Waals surface area contributed by atoms with Crippen molar-refractivity contribution in [2.24, 2.45) is 7.05 Å². The van der Waals surface area contributed by atoms with E-state index in [4.69, 9.17) is 4.74 Å². The summed E-state index contributed by atoms with van der Waals surface area (Å²) in [5.74, 6) is 0.149. The molecule has 0 saturated heterocycles. The molecule has 168 valence electrons. The van der Waals surface area contributed by atoms with Gasteiger partial charge in [-0.25, -0.2) is 0 Å². The number of para-hydroxylation sites is 2. The van der Waals surface area contributed by atoms with Crippen LogP contribution >= 0.6 is 0 Å². The van der Waals surface area contributed by atoms with Crippen LogP contribution in [0.25, 0.3) is 32.9 Å². The molecule has 2 amide bonds. The van der Waals surface area contributed by atoms with Crippen LogP contribution in [0.5, 0.6) is 5.75 Å². The Hall–Kier alpha value is -3.64. The number of likely N-dealkylation sites (N-methyl/N-ethyl adjacent to an activating group) is 1. The Morgan fingerprint density at radius 2 is 1.55 bits per heavy atom. The second kappa shape index (κ2) is 7.74. The van der Waals surface area contributed by atoms with E-state index in [9.17, 15) is 9.59 Å². The Bertz CT molecular complexity index is 1430. The third-order valence-electron chi connectivity index (χ3n) is 6.37. The predicted octanol–water partition coefficient (Wildman–Crippen LogP) is 4.55. The Morgan fingerprint density at radius 1 is 0.879 bits per heavy atom. The number of imide groups is 1. The fraction of sp³-hybridized carbons (Fsp3) is 0.259. The standard InChI is InChI=1S/C27H27N3O3/c1-16(15-28(2)3)33-22-13-9-7-10-17(22)19-14-21-23(18-11-6-8-12-20(18)29(21)4)25-24(19)26(31)30(5)27(25)32/h6-14,16H,15H2,1-5H3/t16-/m0/s1. The van der Waals surface area contributed by atoms with Gasteiger partial charge >= 0.3 is 0 Å². The SMILES string of the molecule is C[C@@H](CN(C)C)Oc1ccccc1-c1cc2c(c3c1C(=O)N(C)C3=O)c1ccccc1n2C. The van der Waals surface area contributed by atoms with Gasteiger partial charge in [-0.05, 0) is 39.2 Å². The first-order valence-corrected chi connectivity index (χ1v) is 11.1. The van der Waals surface area contributed by atoms with Gasteiger partial charge in [0.05, 0.1) is 16.6 Å². The molecule has 1 aliphatic rings. The highest BCUT2D eigenvalue weighted by molar-refractivity contribution is 6.32. The highest BCUT2D eigenvalue weighted by Crippen LogP contribution is 2.43. The van der Waals surface area contributed by atoms with Crippen LogP contribution in [0.15, 0.2) is 54.6 Å². The summed E-state index contributed by atoms with van der Waals surface area (Å²) < 4.78 is 8.39. The first-order valence-electron chi connectivity index (χ1n) is 11.1. The molecule has 0 fully saturated rings. The summed E-state index contributed by atoms with van der Waals surface area (Å²) in [6, 6.07) is 17.7. The molecule has 1 aromatic heterocycles. The van der Waals surface area contributed by atoms with E-state index in [0.29, 0.717) is 16.9 Å². The number of carbonyl (C=O) groups is 2. The van der Waals surface area contributed by atoms with E-state index in [1.54, 1.807) is 7.05 Å². The lowest BCUT2D eigenvalue weighted by molar-refractivity contribution is 0.0694. The van der Waals surface area contributed by atoms with E-state index in [1.165, 1.54) is 4.90 Å². The van der Waals surface area contributed by atoms with Crippen molar-refractivity contribution in [1.29, 1.82) is 0 Å². The van der Waals surface area contributed by atoms with Gasteiger partial charge < -0.3 is 14.2 Å². The third kappa shape index (κ3) is 3.21. The van der Waals surface area contributed by atoms with E-state index >= 15 is 0 Å². The molecule has 1 atom stereocenters. The number of rotatable bonds is 5. The number of benzene rings is 3. The predicted molar refractivity (Wildman–Crippen MR) is 131 cm³/mol. The molecule has 6 heteroatoms. The molecule has 4 aromatic rings. The zero-order valence-electron chi connectivity index (χ0n) is 19.5. The quantitative estimate of drug-likeness (QED) is 0.426. The first-order chi connectivity index (χ1) is 15.8. The maximum absolute atomic E-state index is 13.3. The molecule has 0 N–H and O–H groups in total. The zero-order chi connectivity index (χ0) is 23.4. The first kappa shape index (κ1) is 21.2. The Balaban J connectivity index is 1.82. The van der Waals surface area contributed by atoms with Gasteiger partial charge in [0.1, 0.15) is 11.9 Å². The van der Waals surface area contributed by atoms with Gasteiger partial charge in [0.25, 0.3) is 11.8 Å². The van der Waals surface area contributed by atoms with Crippen LogP contribution in [0.1, 0.15) is 27.6 Å². The summed E-state index contributed by atoms with van der Waals surface area (Å²) in [4.78, 5) is 29.9. The Labute approximate surface area is 193 Å². The van der Waals surface area contributed by atoms with Gasteiger partial charge in [-0.15, -0.1) is 0 Å². The zero-order valence-corrected chi connectivity index (χ0v) is 19.5. The average Bonchev–Trinajstić information content (AvgIpc) is 3.20. The minimum absolute atomic E-state index is 0.0458. The fourth-order valence-corrected chi connectivity index (χ4v) is 4.95. The maximum Gasteiger partial charge on any atom is 0.262 e. The molecule has 3 aromatic carbocycles. The number of hydrogen-bond acceptors (Lipinski definition) is 4. The fourth-order valence-electron chi connectivity index (χ4n) is 4.95. The van der Waals surface area contributed by atoms with Crippen molar-refractivity contribution in [2.45, 2.75) is 13.0 Å². The van der Waals surface area contributed by atoms with Crippen molar-refractivity contribution >= 4 is 33.6 Å². The van der Waals surface area contributed by atoms with Crippen molar-refractivity contribution in [3.05, 3.63) is 65.7 Å². The highest BCUT2D eigenvalue weighted by atomic mass is 16.5. The van der Waals surface area contributed by atoms with Crippen molar-refractivity contribution in [3.8, 4) is 16.9 Å². The van der Waals surface area contributed by atoms with E-state index in [1.807, 2.05) is 82.7 Å². The number of carbonyl (C=O) groups excluding carboxylic acids is 2. The molecule has 0 bridgehead atoms. The summed E-state index contributed by atoms with van der Waals surface area (Å²) in [5, 5.41) is 1.80. The summed E-state index contributed by atoms with van der Waals surface area (Å²) in [7, 11) is 7.56. The van der Waals surface area contributed by atoms with E-state index in [0.717, 1.165) is 39.5 Å². The molecular weight excluding hydrogens is 414 g/mol. The molecule has 0 unspecified atom stereocenters. The maximum atomic E-state index is 13.3. The number of aryl methyl sites for hydroxylation is 1. The Kier molecular flexibility index (Phi) is 4.98. The number of amides is 2. The summed E-state index contributed by atoms with van der Waals surface area (Å²) in [6.07, 6.45) is -0.0458. The van der Waals surface area contributed by atoms with Gasteiger partial charge in [-0.3, -0.25) is 14.5 Å². The molecule has 5 rings (SSSR count). The van der Waals surface area contributed by atoms with Gasteiger partial charge in [-0.2, -0.15) is 0 Å². The van der Waals surface area contributed by atoms with Gasteiger partial charge in [0.15, 0.2) is 0 Å². The normalized spacial score (nSPS) is 14.5. The van der Waals surface area contributed by atoms with Crippen LogP contribution in [-0.4, -0.2) is 60.0 Å². The number of aromatic nitrogens is 1. The number of ether oxygens (including phenoxy) is 1. The molecule has 2 heterocycles. The lowest BCUT2D eigenvalue weighted by Gasteiger charge is -2.21. The monoisotopic (exact) mass is 441 g/mol.